The Kier molecular flexibility index (Phi) is 21.1. The second kappa shape index (κ2) is 22.0. The van der Waals surface area contributed by atoms with E-state index in [-0.39, 0.29) is 18.4 Å². The zero-order valence-electron chi connectivity index (χ0n) is 21.1. The summed E-state index contributed by atoms with van der Waals surface area (Å²) in [7, 11) is 0. The first-order valence-electron chi connectivity index (χ1n) is 13.1. The van der Waals surface area contributed by atoms with Crippen LogP contribution in [0.4, 0.5) is 4.79 Å². The fourth-order valence-electron chi connectivity index (χ4n) is 3.50. The molecule has 0 atom stereocenters. The van der Waals surface area contributed by atoms with E-state index in [0.717, 1.165) is 12.8 Å². The van der Waals surface area contributed by atoms with Crippen LogP contribution in [0, 0.1) is 5.92 Å². The highest BCUT2D eigenvalue weighted by molar-refractivity contribution is 5.78. The van der Waals surface area contributed by atoms with E-state index in [0.29, 0.717) is 19.8 Å². The summed E-state index contributed by atoms with van der Waals surface area (Å²) < 4.78 is 10.4. The van der Waals surface area contributed by atoms with Gasteiger partial charge in [-0.05, 0) is 19.3 Å². The molecule has 5 heteroatoms. The van der Waals surface area contributed by atoms with Crippen LogP contribution in [-0.4, -0.2) is 43.3 Å². The maximum Gasteiger partial charge on any atom is 0.410 e. The number of unbranched alkanes of at least 4 members (excludes halogenated alkanes) is 14. The Morgan fingerprint density at radius 3 is 1.55 bits per heavy atom. The van der Waals surface area contributed by atoms with Crippen LogP contribution < -0.4 is 0 Å². The van der Waals surface area contributed by atoms with Gasteiger partial charge in [0.25, 0.3) is 0 Å². The van der Waals surface area contributed by atoms with E-state index in [1.165, 1.54) is 88.4 Å². The van der Waals surface area contributed by atoms with Gasteiger partial charge in [-0.3, -0.25) is 9.69 Å². The van der Waals surface area contributed by atoms with E-state index in [9.17, 15) is 9.59 Å². The third-order valence-corrected chi connectivity index (χ3v) is 5.51. The van der Waals surface area contributed by atoms with Crippen molar-refractivity contribution >= 4 is 12.1 Å². The molecule has 0 aromatic carbocycles. The van der Waals surface area contributed by atoms with Gasteiger partial charge in [-0.15, -0.1) is 0 Å². The Balaban J connectivity index is 3.46. The summed E-state index contributed by atoms with van der Waals surface area (Å²) in [4.78, 5) is 25.3. The number of hydrogen-bond acceptors (Lipinski definition) is 4. The molecule has 0 saturated carbocycles. The van der Waals surface area contributed by atoms with Gasteiger partial charge in [0, 0.05) is 6.54 Å². The first kappa shape index (κ1) is 29.7. The van der Waals surface area contributed by atoms with Crippen molar-refractivity contribution in [3.63, 3.8) is 0 Å². The number of ether oxygens (including phenoxy) is 2. The SMILES string of the molecule is CCCCCCCCCCCCCCCCCOC(=O)CN(CC)C(=O)OCC(C)C. The van der Waals surface area contributed by atoms with Gasteiger partial charge in [0.15, 0.2) is 0 Å². The van der Waals surface area contributed by atoms with Crippen molar-refractivity contribution in [2.75, 3.05) is 26.3 Å². The minimum Gasteiger partial charge on any atom is -0.464 e. The van der Waals surface area contributed by atoms with Gasteiger partial charge in [0.2, 0.25) is 0 Å². The molecule has 0 saturated heterocycles. The molecule has 0 heterocycles. The van der Waals surface area contributed by atoms with Gasteiger partial charge >= 0.3 is 12.1 Å². The van der Waals surface area contributed by atoms with Crippen LogP contribution in [0.15, 0.2) is 0 Å². The number of carbonyl (C=O) groups is 2. The molecule has 0 bridgehead atoms. The van der Waals surface area contributed by atoms with Crippen molar-refractivity contribution in [2.24, 2.45) is 5.92 Å². The molecule has 31 heavy (non-hydrogen) atoms. The minimum absolute atomic E-state index is 0.0355. The number of amides is 1. The lowest BCUT2D eigenvalue weighted by atomic mass is 10.0. The topological polar surface area (TPSA) is 55.8 Å². The average Bonchev–Trinajstić information content (AvgIpc) is 2.75. The first-order chi connectivity index (χ1) is 15.0. The van der Waals surface area contributed by atoms with Crippen LogP contribution in [0.5, 0.6) is 0 Å². The summed E-state index contributed by atoms with van der Waals surface area (Å²) in [5.41, 5.74) is 0. The Morgan fingerprint density at radius 1 is 0.677 bits per heavy atom. The van der Waals surface area contributed by atoms with Gasteiger partial charge in [-0.25, -0.2) is 4.79 Å². The van der Waals surface area contributed by atoms with Gasteiger partial charge in [0.05, 0.1) is 13.2 Å². The molecule has 184 valence electrons. The predicted octanol–water partition coefficient (Wildman–Crippen LogP) is 7.52. The van der Waals surface area contributed by atoms with Crippen molar-refractivity contribution in [1.82, 2.24) is 4.90 Å². The summed E-state index contributed by atoms with van der Waals surface area (Å²) in [6.07, 6.45) is 19.3. The van der Waals surface area contributed by atoms with Crippen LogP contribution in [0.2, 0.25) is 0 Å². The van der Waals surface area contributed by atoms with Gasteiger partial charge in [-0.2, -0.15) is 0 Å². The first-order valence-corrected chi connectivity index (χ1v) is 13.1. The molecule has 0 aliphatic carbocycles. The summed E-state index contributed by atoms with van der Waals surface area (Å²) in [5, 5.41) is 0. The third-order valence-electron chi connectivity index (χ3n) is 5.51. The van der Waals surface area contributed by atoms with Gasteiger partial charge < -0.3 is 9.47 Å². The van der Waals surface area contributed by atoms with E-state index in [1.807, 2.05) is 20.8 Å². The van der Waals surface area contributed by atoms with Crippen molar-refractivity contribution < 1.29 is 19.1 Å². The number of likely N-dealkylation sites (N-methyl/N-ethyl adjacent to an activating group) is 1. The van der Waals surface area contributed by atoms with Crippen LogP contribution >= 0.6 is 0 Å². The molecule has 0 spiro atoms. The fraction of sp³-hybridized carbons (Fsp3) is 0.923. The van der Waals surface area contributed by atoms with E-state index in [2.05, 4.69) is 6.92 Å². The van der Waals surface area contributed by atoms with E-state index < -0.39 is 6.09 Å². The minimum atomic E-state index is -0.444. The largest absolute Gasteiger partial charge is 0.464 e. The zero-order chi connectivity index (χ0) is 23.2. The van der Waals surface area contributed by atoms with Crippen molar-refractivity contribution in [3.8, 4) is 0 Å². The standard InChI is InChI=1S/C26H51NO4/c1-5-7-8-9-10-11-12-13-14-15-16-17-18-19-20-21-30-25(28)22-27(6-2)26(29)31-23-24(3)4/h24H,5-23H2,1-4H3. The fourth-order valence-corrected chi connectivity index (χ4v) is 3.50. The van der Waals surface area contributed by atoms with Crippen LogP contribution in [0.25, 0.3) is 0 Å². The number of carbonyl (C=O) groups excluding carboxylic acids is 2. The molecule has 0 unspecified atom stereocenters. The second-order valence-electron chi connectivity index (χ2n) is 9.16. The van der Waals surface area contributed by atoms with Crippen molar-refractivity contribution in [3.05, 3.63) is 0 Å². The zero-order valence-corrected chi connectivity index (χ0v) is 21.1. The molecule has 0 N–H and O–H groups in total. The lowest BCUT2D eigenvalue weighted by molar-refractivity contribution is -0.144. The smallest absolute Gasteiger partial charge is 0.410 e. The third kappa shape index (κ3) is 20.4. The molecule has 0 rings (SSSR count). The Morgan fingerprint density at radius 2 is 1.13 bits per heavy atom. The van der Waals surface area contributed by atoms with E-state index in [4.69, 9.17) is 9.47 Å². The van der Waals surface area contributed by atoms with E-state index >= 15 is 0 Å². The molecule has 0 radical (unpaired) electrons. The maximum absolute atomic E-state index is 11.9. The highest BCUT2D eigenvalue weighted by Gasteiger charge is 2.18. The maximum atomic E-state index is 11.9. The quantitative estimate of drug-likeness (QED) is 0.136. The van der Waals surface area contributed by atoms with Gasteiger partial charge in [0.1, 0.15) is 6.54 Å². The molecule has 0 aliphatic rings. The molecule has 1 amide bonds. The summed E-state index contributed by atoms with van der Waals surface area (Å²) in [6, 6.07) is 0. The lowest BCUT2D eigenvalue weighted by Gasteiger charge is -2.20. The Labute approximate surface area is 192 Å². The number of esters is 1. The summed E-state index contributed by atoms with van der Waals surface area (Å²) >= 11 is 0. The van der Waals surface area contributed by atoms with Crippen LogP contribution in [-0.2, 0) is 14.3 Å². The number of rotatable bonds is 21. The molecule has 0 aliphatic heterocycles. The predicted molar refractivity (Wildman–Crippen MR) is 129 cm³/mol. The molecular weight excluding hydrogens is 390 g/mol. The molecule has 0 fully saturated rings. The number of nitrogens with zero attached hydrogens (tertiary/aromatic N) is 1. The Hall–Kier alpha value is -1.26. The molecule has 0 aromatic heterocycles. The Bertz CT molecular complexity index is 426. The molecule has 5 nitrogen and oxygen atoms in total. The highest BCUT2D eigenvalue weighted by Crippen LogP contribution is 2.13. The van der Waals surface area contributed by atoms with Crippen LogP contribution in [0.3, 0.4) is 0 Å². The lowest BCUT2D eigenvalue weighted by Crippen LogP contribution is -2.37. The van der Waals surface area contributed by atoms with Crippen LogP contribution in [0.1, 0.15) is 124 Å². The summed E-state index contributed by atoms with van der Waals surface area (Å²) in [5.74, 6) is -0.0755. The second-order valence-corrected chi connectivity index (χ2v) is 9.16. The normalized spacial score (nSPS) is 11.0. The highest BCUT2D eigenvalue weighted by atomic mass is 16.6. The summed E-state index contributed by atoms with van der Waals surface area (Å²) in [6.45, 7) is 9.27. The number of hydrogen-bond donors (Lipinski definition) is 0. The van der Waals surface area contributed by atoms with Crippen molar-refractivity contribution in [2.45, 2.75) is 124 Å². The monoisotopic (exact) mass is 441 g/mol. The van der Waals surface area contributed by atoms with E-state index in [1.54, 1.807) is 0 Å². The molecular formula is C26H51NO4. The van der Waals surface area contributed by atoms with Gasteiger partial charge in [-0.1, -0.05) is 111 Å². The molecule has 0 aromatic rings. The van der Waals surface area contributed by atoms with Crippen molar-refractivity contribution in [1.29, 1.82) is 0 Å². The average molecular weight is 442 g/mol.